The van der Waals surface area contributed by atoms with E-state index in [1.165, 1.54) is 16.4 Å². The maximum atomic E-state index is 6.04. The first-order valence-electron chi connectivity index (χ1n) is 5.67. The Morgan fingerprint density at radius 3 is 2.53 bits per heavy atom. The second-order valence-electron chi connectivity index (χ2n) is 3.78. The molecule has 2 rings (SSSR count). The van der Waals surface area contributed by atoms with Crippen molar-refractivity contribution in [3.8, 4) is 0 Å². The van der Waals surface area contributed by atoms with E-state index in [9.17, 15) is 0 Å². The van der Waals surface area contributed by atoms with Gasteiger partial charge in [0.25, 0.3) is 0 Å². The van der Waals surface area contributed by atoms with Gasteiger partial charge in [-0.1, -0.05) is 24.3 Å². The SMILES string of the molecule is CONc1ccccc1SN(N)c1ccccc1N. The number of hydrogen-bond acceptors (Lipinski definition) is 6. The predicted octanol–water partition coefficient (Wildman–Crippen LogP) is 2.63. The Labute approximate surface area is 116 Å². The molecule has 5 nitrogen and oxygen atoms in total. The molecule has 0 saturated heterocycles. The highest BCUT2D eigenvalue weighted by atomic mass is 32.2. The number of nitrogens with two attached hydrogens (primary N) is 2. The van der Waals surface area contributed by atoms with Crippen LogP contribution in [0.3, 0.4) is 0 Å². The summed E-state index contributed by atoms with van der Waals surface area (Å²) in [7, 11) is 1.57. The fraction of sp³-hybridized carbons (Fsp3) is 0.0769. The summed E-state index contributed by atoms with van der Waals surface area (Å²) in [6.07, 6.45) is 0. The van der Waals surface area contributed by atoms with Gasteiger partial charge >= 0.3 is 0 Å². The van der Waals surface area contributed by atoms with Gasteiger partial charge in [-0.3, -0.25) is 10.3 Å². The third-order valence-corrected chi connectivity index (χ3v) is 3.42. The van der Waals surface area contributed by atoms with E-state index in [4.69, 9.17) is 16.4 Å². The lowest BCUT2D eigenvalue weighted by Gasteiger charge is -2.20. The predicted molar refractivity (Wildman–Crippen MR) is 80.5 cm³/mol. The summed E-state index contributed by atoms with van der Waals surface area (Å²) in [5.41, 5.74) is 11.0. The van der Waals surface area contributed by atoms with Crippen molar-refractivity contribution in [2.75, 3.05) is 22.7 Å². The number of para-hydroxylation sites is 3. The normalized spacial score (nSPS) is 10.2. The van der Waals surface area contributed by atoms with Crippen LogP contribution < -0.4 is 21.5 Å². The summed E-state index contributed by atoms with van der Waals surface area (Å²) in [5.74, 6) is 6.04. The molecule has 0 aliphatic rings. The minimum absolute atomic E-state index is 0.634. The van der Waals surface area contributed by atoms with E-state index in [0.717, 1.165) is 16.3 Å². The van der Waals surface area contributed by atoms with Crippen LogP contribution in [-0.4, -0.2) is 7.11 Å². The maximum Gasteiger partial charge on any atom is 0.0878 e. The second-order valence-corrected chi connectivity index (χ2v) is 4.79. The number of benzene rings is 2. The number of rotatable bonds is 5. The summed E-state index contributed by atoms with van der Waals surface area (Å²) in [4.78, 5) is 5.87. The monoisotopic (exact) mass is 276 g/mol. The van der Waals surface area contributed by atoms with Crippen LogP contribution in [0.25, 0.3) is 0 Å². The molecule has 0 unspecified atom stereocenters. The van der Waals surface area contributed by atoms with E-state index in [1.807, 2.05) is 48.5 Å². The van der Waals surface area contributed by atoms with Crippen LogP contribution in [0.1, 0.15) is 0 Å². The van der Waals surface area contributed by atoms with Gasteiger partial charge in [-0.25, -0.2) is 10.3 Å². The van der Waals surface area contributed by atoms with Gasteiger partial charge in [-0.15, -0.1) is 0 Å². The standard InChI is InChI=1S/C13H16N4OS/c1-18-16-11-7-3-5-9-13(11)19-17(15)12-8-4-2-6-10(12)14/h2-9,16H,14-15H2,1H3. The molecule has 5 N–H and O–H groups in total. The molecular weight excluding hydrogens is 260 g/mol. The Balaban J connectivity index is 2.19. The smallest absolute Gasteiger partial charge is 0.0878 e. The lowest BCUT2D eigenvalue weighted by atomic mass is 10.3. The van der Waals surface area contributed by atoms with Crippen molar-refractivity contribution in [3.63, 3.8) is 0 Å². The van der Waals surface area contributed by atoms with Crippen molar-refractivity contribution >= 4 is 29.0 Å². The molecule has 0 bridgehead atoms. The van der Waals surface area contributed by atoms with E-state index < -0.39 is 0 Å². The van der Waals surface area contributed by atoms with E-state index in [-0.39, 0.29) is 0 Å². The maximum absolute atomic E-state index is 6.04. The molecule has 0 radical (unpaired) electrons. The van der Waals surface area contributed by atoms with Gasteiger partial charge in [0, 0.05) is 11.9 Å². The Morgan fingerprint density at radius 2 is 1.79 bits per heavy atom. The van der Waals surface area contributed by atoms with Gasteiger partial charge in [-0.2, -0.15) is 0 Å². The Kier molecular flexibility index (Phi) is 4.51. The number of hydrazine groups is 1. The number of anilines is 3. The number of nitrogens with one attached hydrogen (secondary N) is 1. The third kappa shape index (κ3) is 3.31. The average molecular weight is 276 g/mol. The average Bonchev–Trinajstić information content (AvgIpc) is 2.41. The molecule has 19 heavy (non-hydrogen) atoms. The summed E-state index contributed by atoms with van der Waals surface area (Å²) in [6, 6.07) is 15.2. The van der Waals surface area contributed by atoms with Crippen molar-refractivity contribution < 1.29 is 4.84 Å². The molecule has 0 aliphatic heterocycles. The molecule has 100 valence electrons. The molecule has 0 fully saturated rings. The summed E-state index contributed by atoms with van der Waals surface area (Å²) in [5, 5.41) is 0. The topological polar surface area (TPSA) is 76.5 Å². The summed E-state index contributed by atoms with van der Waals surface area (Å²) >= 11 is 1.37. The molecule has 0 heterocycles. The molecule has 0 saturated carbocycles. The first-order valence-corrected chi connectivity index (χ1v) is 6.45. The lowest BCUT2D eigenvalue weighted by Crippen LogP contribution is -2.23. The van der Waals surface area contributed by atoms with Crippen LogP contribution in [0.15, 0.2) is 53.4 Å². The zero-order chi connectivity index (χ0) is 13.7. The number of hydrogen-bond donors (Lipinski definition) is 3. The first-order chi connectivity index (χ1) is 9.22. The largest absolute Gasteiger partial charge is 0.397 e. The van der Waals surface area contributed by atoms with Crippen molar-refractivity contribution in [1.29, 1.82) is 0 Å². The van der Waals surface area contributed by atoms with Crippen LogP contribution >= 0.6 is 11.9 Å². The number of nitrogens with zero attached hydrogens (tertiary/aromatic N) is 1. The molecule has 0 aliphatic carbocycles. The van der Waals surface area contributed by atoms with Crippen molar-refractivity contribution in [2.24, 2.45) is 5.84 Å². The van der Waals surface area contributed by atoms with E-state index in [2.05, 4.69) is 5.48 Å². The first kappa shape index (κ1) is 13.5. The quantitative estimate of drug-likeness (QED) is 0.337. The Bertz CT molecular complexity index is 550. The fourth-order valence-electron chi connectivity index (χ4n) is 1.58. The zero-order valence-corrected chi connectivity index (χ0v) is 11.4. The second kappa shape index (κ2) is 6.33. The fourth-order valence-corrected chi connectivity index (χ4v) is 2.41. The molecule has 0 spiro atoms. The zero-order valence-electron chi connectivity index (χ0n) is 10.5. The van der Waals surface area contributed by atoms with E-state index >= 15 is 0 Å². The molecule has 2 aromatic carbocycles. The highest BCUT2D eigenvalue weighted by molar-refractivity contribution is 8.00. The summed E-state index contributed by atoms with van der Waals surface area (Å²) in [6.45, 7) is 0. The van der Waals surface area contributed by atoms with Crippen LogP contribution in [0.4, 0.5) is 17.1 Å². The molecular formula is C13H16N4OS. The molecule has 2 aromatic rings. The highest BCUT2D eigenvalue weighted by Gasteiger charge is 2.10. The van der Waals surface area contributed by atoms with Crippen LogP contribution in [-0.2, 0) is 4.84 Å². The van der Waals surface area contributed by atoms with Gasteiger partial charge < -0.3 is 5.73 Å². The molecule has 6 heteroatoms. The highest BCUT2D eigenvalue weighted by Crippen LogP contribution is 2.33. The van der Waals surface area contributed by atoms with Gasteiger partial charge in [0.2, 0.25) is 0 Å². The Hall–Kier alpha value is -1.89. The van der Waals surface area contributed by atoms with Crippen molar-refractivity contribution in [2.45, 2.75) is 4.90 Å². The van der Waals surface area contributed by atoms with Gasteiger partial charge in [0.05, 0.1) is 29.1 Å². The van der Waals surface area contributed by atoms with Crippen molar-refractivity contribution in [1.82, 2.24) is 0 Å². The summed E-state index contributed by atoms with van der Waals surface area (Å²) < 4.78 is 1.53. The van der Waals surface area contributed by atoms with Crippen molar-refractivity contribution in [3.05, 3.63) is 48.5 Å². The van der Waals surface area contributed by atoms with Gasteiger partial charge in [0.15, 0.2) is 0 Å². The molecule has 0 atom stereocenters. The van der Waals surface area contributed by atoms with Gasteiger partial charge in [0.1, 0.15) is 0 Å². The van der Waals surface area contributed by atoms with Crippen LogP contribution in [0, 0.1) is 0 Å². The number of nitrogen functional groups attached to an aromatic ring is 1. The molecule has 0 aromatic heterocycles. The molecule has 0 amide bonds. The van der Waals surface area contributed by atoms with Gasteiger partial charge in [-0.05, 0) is 24.3 Å². The lowest BCUT2D eigenvalue weighted by molar-refractivity contribution is 0.270. The minimum Gasteiger partial charge on any atom is -0.397 e. The minimum atomic E-state index is 0.634. The van der Waals surface area contributed by atoms with E-state index in [1.54, 1.807) is 7.11 Å². The van der Waals surface area contributed by atoms with Crippen LogP contribution in [0.5, 0.6) is 0 Å². The van der Waals surface area contributed by atoms with Crippen LogP contribution in [0.2, 0.25) is 0 Å². The van der Waals surface area contributed by atoms with E-state index in [0.29, 0.717) is 5.69 Å². The third-order valence-electron chi connectivity index (χ3n) is 2.47. The Morgan fingerprint density at radius 1 is 1.11 bits per heavy atom.